The first kappa shape index (κ1) is 14.6. The fourth-order valence-electron chi connectivity index (χ4n) is 2.96. The highest BCUT2D eigenvalue weighted by molar-refractivity contribution is 7.10. The first-order valence-corrected chi connectivity index (χ1v) is 8.30. The smallest absolute Gasteiger partial charge is 0.124 e. The van der Waals surface area contributed by atoms with Crippen LogP contribution < -0.4 is 10.1 Å². The molecule has 1 aliphatic rings. The Morgan fingerprint density at radius 1 is 1.24 bits per heavy atom. The third-order valence-corrected chi connectivity index (χ3v) is 5.07. The third-order valence-electron chi connectivity index (χ3n) is 3.97. The SMILES string of the molecule is COc1ccccc1C(c1cc(C)cs1)N1CCNCC1. The largest absolute Gasteiger partial charge is 0.496 e. The van der Waals surface area contributed by atoms with E-state index in [1.807, 2.05) is 17.4 Å². The van der Waals surface area contributed by atoms with Crippen LogP contribution in [0.25, 0.3) is 0 Å². The minimum atomic E-state index is 0.293. The minimum absolute atomic E-state index is 0.293. The maximum absolute atomic E-state index is 5.61. The Labute approximate surface area is 130 Å². The molecule has 2 aromatic rings. The number of ether oxygens (including phenoxy) is 1. The van der Waals surface area contributed by atoms with Crippen molar-refractivity contribution in [1.82, 2.24) is 10.2 Å². The van der Waals surface area contributed by atoms with Crippen LogP contribution in [-0.4, -0.2) is 38.2 Å². The van der Waals surface area contributed by atoms with Gasteiger partial charge in [-0.25, -0.2) is 0 Å². The molecular formula is C17H22N2OS. The molecule has 1 saturated heterocycles. The molecule has 0 bridgehead atoms. The van der Waals surface area contributed by atoms with Crippen LogP contribution in [-0.2, 0) is 0 Å². The van der Waals surface area contributed by atoms with Gasteiger partial charge in [0.1, 0.15) is 5.75 Å². The van der Waals surface area contributed by atoms with E-state index < -0.39 is 0 Å². The van der Waals surface area contributed by atoms with Crippen molar-refractivity contribution in [3.8, 4) is 5.75 Å². The molecule has 3 nitrogen and oxygen atoms in total. The van der Waals surface area contributed by atoms with Crippen LogP contribution in [0.5, 0.6) is 5.75 Å². The van der Waals surface area contributed by atoms with E-state index in [1.54, 1.807) is 7.11 Å². The summed E-state index contributed by atoms with van der Waals surface area (Å²) in [5.74, 6) is 0.979. The first-order chi connectivity index (χ1) is 10.3. The molecule has 112 valence electrons. The zero-order chi connectivity index (χ0) is 14.7. The summed E-state index contributed by atoms with van der Waals surface area (Å²) in [5.41, 5.74) is 2.61. The van der Waals surface area contributed by atoms with Gasteiger partial charge in [-0.05, 0) is 30.0 Å². The van der Waals surface area contributed by atoms with Crippen LogP contribution in [0.1, 0.15) is 22.0 Å². The van der Waals surface area contributed by atoms with E-state index in [0.29, 0.717) is 6.04 Å². The molecule has 0 radical (unpaired) electrons. The third kappa shape index (κ3) is 3.12. The van der Waals surface area contributed by atoms with E-state index in [1.165, 1.54) is 16.0 Å². The summed E-state index contributed by atoms with van der Waals surface area (Å²) in [6, 6.07) is 11.0. The molecule has 1 unspecified atom stereocenters. The lowest BCUT2D eigenvalue weighted by Gasteiger charge is -2.35. The average Bonchev–Trinajstić information content (AvgIpc) is 2.95. The Kier molecular flexibility index (Phi) is 4.58. The van der Waals surface area contributed by atoms with Gasteiger partial charge in [-0.3, -0.25) is 4.90 Å². The number of hydrogen-bond acceptors (Lipinski definition) is 4. The molecule has 1 aromatic heterocycles. The second-order valence-electron chi connectivity index (χ2n) is 5.46. The van der Waals surface area contributed by atoms with Gasteiger partial charge in [0.2, 0.25) is 0 Å². The second kappa shape index (κ2) is 6.60. The van der Waals surface area contributed by atoms with Crippen molar-refractivity contribution in [2.75, 3.05) is 33.3 Å². The molecule has 1 aliphatic heterocycles. The van der Waals surface area contributed by atoms with Crippen molar-refractivity contribution in [2.24, 2.45) is 0 Å². The average molecular weight is 302 g/mol. The van der Waals surface area contributed by atoms with E-state index in [9.17, 15) is 0 Å². The minimum Gasteiger partial charge on any atom is -0.496 e. The lowest BCUT2D eigenvalue weighted by atomic mass is 10.0. The highest BCUT2D eigenvalue weighted by Gasteiger charge is 2.27. The Bertz CT molecular complexity index is 590. The number of hydrogen-bond donors (Lipinski definition) is 1. The predicted molar refractivity (Wildman–Crippen MR) is 88.3 cm³/mol. The molecule has 1 atom stereocenters. The zero-order valence-corrected chi connectivity index (χ0v) is 13.5. The lowest BCUT2D eigenvalue weighted by Crippen LogP contribution is -2.45. The van der Waals surface area contributed by atoms with Gasteiger partial charge in [0.05, 0.1) is 13.2 Å². The van der Waals surface area contributed by atoms with Gasteiger partial charge in [-0.1, -0.05) is 18.2 Å². The Morgan fingerprint density at radius 2 is 2.00 bits per heavy atom. The maximum atomic E-state index is 5.61. The summed E-state index contributed by atoms with van der Waals surface area (Å²) in [4.78, 5) is 3.96. The summed E-state index contributed by atoms with van der Waals surface area (Å²) >= 11 is 1.85. The Balaban J connectivity index is 2.02. The van der Waals surface area contributed by atoms with Gasteiger partial charge in [-0.15, -0.1) is 11.3 Å². The van der Waals surface area contributed by atoms with Crippen LogP contribution >= 0.6 is 11.3 Å². The zero-order valence-electron chi connectivity index (χ0n) is 12.6. The molecule has 1 N–H and O–H groups in total. The maximum Gasteiger partial charge on any atom is 0.124 e. The molecule has 0 saturated carbocycles. The standard InChI is InChI=1S/C17H22N2OS/c1-13-11-16(21-12-13)17(19-9-7-18-8-10-19)14-5-3-4-6-15(14)20-2/h3-6,11-12,17-18H,7-10H2,1-2H3. The Hall–Kier alpha value is -1.36. The molecule has 21 heavy (non-hydrogen) atoms. The van der Waals surface area contributed by atoms with E-state index in [0.717, 1.165) is 31.9 Å². The number of benzene rings is 1. The van der Waals surface area contributed by atoms with Crippen LogP contribution in [0.3, 0.4) is 0 Å². The molecular weight excluding hydrogens is 280 g/mol. The normalized spacial score (nSPS) is 17.6. The highest BCUT2D eigenvalue weighted by atomic mass is 32.1. The second-order valence-corrected chi connectivity index (χ2v) is 6.40. The van der Waals surface area contributed by atoms with Crippen LogP contribution in [0.15, 0.2) is 35.7 Å². The van der Waals surface area contributed by atoms with Crippen LogP contribution in [0, 0.1) is 6.92 Å². The van der Waals surface area contributed by atoms with Gasteiger partial charge in [0.25, 0.3) is 0 Å². The van der Waals surface area contributed by atoms with Gasteiger partial charge in [0, 0.05) is 36.6 Å². The number of nitrogens with one attached hydrogen (secondary N) is 1. The Morgan fingerprint density at radius 3 is 2.67 bits per heavy atom. The number of thiophene rings is 1. The molecule has 0 spiro atoms. The quantitative estimate of drug-likeness (QED) is 0.939. The summed E-state index contributed by atoms with van der Waals surface area (Å²) in [5, 5.41) is 5.67. The van der Waals surface area contributed by atoms with Gasteiger partial charge >= 0.3 is 0 Å². The van der Waals surface area contributed by atoms with Crippen molar-refractivity contribution in [1.29, 1.82) is 0 Å². The molecule has 0 amide bonds. The highest BCUT2D eigenvalue weighted by Crippen LogP contribution is 2.37. The fourth-order valence-corrected chi connectivity index (χ4v) is 4.01. The summed E-state index contributed by atoms with van der Waals surface area (Å²) in [6.07, 6.45) is 0. The number of para-hydroxylation sites is 1. The number of rotatable bonds is 4. The number of methoxy groups -OCH3 is 1. The van der Waals surface area contributed by atoms with Crippen LogP contribution in [0.2, 0.25) is 0 Å². The van der Waals surface area contributed by atoms with Crippen molar-refractivity contribution in [3.63, 3.8) is 0 Å². The van der Waals surface area contributed by atoms with E-state index in [-0.39, 0.29) is 0 Å². The number of aryl methyl sites for hydroxylation is 1. The predicted octanol–water partition coefficient (Wildman–Crippen LogP) is 3.06. The van der Waals surface area contributed by atoms with Gasteiger partial charge < -0.3 is 10.1 Å². The molecule has 1 fully saturated rings. The fraction of sp³-hybridized carbons (Fsp3) is 0.412. The van der Waals surface area contributed by atoms with E-state index in [2.05, 4.69) is 46.8 Å². The molecule has 2 heterocycles. The molecule has 0 aliphatic carbocycles. The van der Waals surface area contributed by atoms with E-state index >= 15 is 0 Å². The lowest BCUT2D eigenvalue weighted by molar-refractivity contribution is 0.197. The van der Waals surface area contributed by atoms with Crippen LogP contribution in [0.4, 0.5) is 0 Å². The van der Waals surface area contributed by atoms with Crippen molar-refractivity contribution in [2.45, 2.75) is 13.0 Å². The summed E-state index contributed by atoms with van der Waals surface area (Å²) in [6.45, 7) is 6.41. The van der Waals surface area contributed by atoms with E-state index in [4.69, 9.17) is 4.74 Å². The monoisotopic (exact) mass is 302 g/mol. The summed E-state index contributed by atoms with van der Waals surface area (Å²) < 4.78 is 5.61. The van der Waals surface area contributed by atoms with Crippen molar-refractivity contribution >= 4 is 11.3 Å². The number of nitrogens with zero attached hydrogens (tertiary/aromatic N) is 1. The molecule has 4 heteroatoms. The number of piperazine rings is 1. The van der Waals surface area contributed by atoms with Crippen molar-refractivity contribution < 1.29 is 4.74 Å². The van der Waals surface area contributed by atoms with Crippen molar-refractivity contribution in [3.05, 3.63) is 51.7 Å². The molecule has 1 aromatic carbocycles. The van der Waals surface area contributed by atoms with Gasteiger partial charge in [-0.2, -0.15) is 0 Å². The summed E-state index contributed by atoms with van der Waals surface area (Å²) in [7, 11) is 1.76. The first-order valence-electron chi connectivity index (χ1n) is 7.42. The molecule has 3 rings (SSSR count). The topological polar surface area (TPSA) is 24.5 Å². The van der Waals surface area contributed by atoms with Gasteiger partial charge in [0.15, 0.2) is 0 Å².